The number of hydrogen-bond donors (Lipinski definition) is 0. The SMILES string of the molecule is [N-]=[N+]=NCC=Cc1ccc(C=O)cc1Cl. The molecule has 0 aliphatic carbocycles. The maximum absolute atomic E-state index is 10.4. The van der Waals surface area contributed by atoms with E-state index >= 15 is 0 Å². The lowest BCUT2D eigenvalue weighted by Gasteiger charge is -1.98. The molecule has 0 aliphatic heterocycles. The van der Waals surface area contributed by atoms with E-state index in [4.69, 9.17) is 17.1 Å². The van der Waals surface area contributed by atoms with Gasteiger partial charge in [0.1, 0.15) is 6.29 Å². The van der Waals surface area contributed by atoms with Gasteiger partial charge in [0.05, 0.1) is 0 Å². The summed E-state index contributed by atoms with van der Waals surface area (Å²) >= 11 is 5.91. The minimum absolute atomic E-state index is 0.280. The third kappa shape index (κ3) is 3.46. The van der Waals surface area contributed by atoms with Crippen molar-refractivity contribution in [2.24, 2.45) is 5.11 Å². The van der Waals surface area contributed by atoms with Crippen molar-refractivity contribution in [3.63, 3.8) is 0 Å². The molecular formula is C10H8ClN3O. The number of carbonyl (C=O) groups is 1. The molecule has 0 N–H and O–H groups in total. The van der Waals surface area contributed by atoms with Crippen LogP contribution in [-0.2, 0) is 0 Å². The van der Waals surface area contributed by atoms with Gasteiger partial charge in [-0.25, -0.2) is 0 Å². The Balaban J connectivity index is 2.82. The average molecular weight is 222 g/mol. The van der Waals surface area contributed by atoms with E-state index in [0.717, 1.165) is 11.8 Å². The zero-order chi connectivity index (χ0) is 11.1. The largest absolute Gasteiger partial charge is 0.298 e. The van der Waals surface area contributed by atoms with Crippen molar-refractivity contribution < 1.29 is 4.79 Å². The number of halogens is 1. The molecule has 0 spiro atoms. The second-order valence-electron chi connectivity index (χ2n) is 2.71. The monoisotopic (exact) mass is 221 g/mol. The first-order valence-corrected chi connectivity index (χ1v) is 4.58. The highest BCUT2D eigenvalue weighted by molar-refractivity contribution is 6.32. The van der Waals surface area contributed by atoms with Crippen LogP contribution in [0.25, 0.3) is 16.5 Å². The first-order chi connectivity index (χ1) is 7.27. The Kier molecular flexibility index (Phi) is 4.41. The van der Waals surface area contributed by atoms with Crippen LogP contribution in [-0.4, -0.2) is 12.8 Å². The summed E-state index contributed by atoms with van der Waals surface area (Å²) in [4.78, 5) is 13.0. The standard InChI is InChI=1S/C10H8ClN3O/c11-10-6-8(7-15)3-4-9(10)2-1-5-13-14-12/h1-4,6-7H,5H2. The van der Waals surface area contributed by atoms with Gasteiger partial charge in [-0.15, -0.1) is 0 Å². The fourth-order valence-corrected chi connectivity index (χ4v) is 1.27. The normalized spacial score (nSPS) is 9.93. The predicted molar refractivity (Wildman–Crippen MR) is 59.9 cm³/mol. The second kappa shape index (κ2) is 5.86. The average Bonchev–Trinajstić information content (AvgIpc) is 2.26. The van der Waals surface area contributed by atoms with Crippen LogP contribution in [0.2, 0.25) is 5.02 Å². The molecule has 0 atom stereocenters. The maximum Gasteiger partial charge on any atom is 0.150 e. The highest BCUT2D eigenvalue weighted by Crippen LogP contribution is 2.18. The van der Waals surface area contributed by atoms with Crippen molar-refractivity contribution in [1.29, 1.82) is 0 Å². The van der Waals surface area contributed by atoms with Crippen LogP contribution in [0.3, 0.4) is 0 Å². The molecule has 76 valence electrons. The van der Waals surface area contributed by atoms with Crippen LogP contribution in [0.15, 0.2) is 29.4 Å². The van der Waals surface area contributed by atoms with Crippen LogP contribution in [0.1, 0.15) is 15.9 Å². The minimum Gasteiger partial charge on any atom is -0.298 e. The molecule has 0 bridgehead atoms. The molecule has 0 heterocycles. The van der Waals surface area contributed by atoms with E-state index in [0.29, 0.717) is 10.6 Å². The number of rotatable bonds is 4. The Bertz CT molecular complexity index is 436. The van der Waals surface area contributed by atoms with Crippen molar-refractivity contribution in [1.82, 2.24) is 0 Å². The second-order valence-corrected chi connectivity index (χ2v) is 3.12. The summed E-state index contributed by atoms with van der Waals surface area (Å²) in [7, 11) is 0. The Labute approximate surface area is 91.8 Å². The third-order valence-corrected chi connectivity index (χ3v) is 2.04. The molecule has 0 aromatic heterocycles. The molecule has 1 aromatic carbocycles. The van der Waals surface area contributed by atoms with Crippen molar-refractivity contribution in [2.75, 3.05) is 6.54 Å². The summed E-state index contributed by atoms with van der Waals surface area (Å²) in [5.41, 5.74) is 9.37. The Morgan fingerprint density at radius 1 is 1.53 bits per heavy atom. The zero-order valence-electron chi connectivity index (χ0n) is 7.80. The van der Waals surface area contributed by atoms with Crippen molar-refractivity contribution in [3.8, 4) is 0 Å². The van der Waals surface area contributed by atoms with Gasteiger partial charge in [0.2, 0.25) is 0 Å². The predicted octanol–water partition coefficient (Wildman–Crippen LogP) is 3.48. The van der Waals surface area contributed by atoms with Crippen molar-refractivity contribution >= 4 is 24.0 Å². The fraction of sp³-hybridized carbons (Fsp3) is 0.100. The van der Waals surface area contributed by atoms with Gasteiger partial charge in [-0.1, -0.05) is 41.0 Å². The van der Waals surface area contributed by atoms with Gasteiger partial charge in [0.15, 0.2) is 0 Å². The van der Waals surface area contributed by atoms with E-state index in [-0.39, 0.29) is 6.54 Å². The van der Waals surface area contributed by atoms with Gasteiger partial charge in [-0.2, -0.15) is 0 Å². The van der Waals surface area contributed by atoms with Crippen LogP contribution in [0.5, 0.6) is 0 Å². The summed E-state index contributed by atoms with van der Waals surface area (Å²) in [6.45, 7) is 0.280. The first kappa shape index (κ1) is 11.3. The summed E-state index contributed by atoms with van der Waals surface area (Å²) in [5, 5.41) is 3.84. The van der Waals surface area contributed by atoms with Gasteiger partial charge in [-0.3, -0.25) is 4.79 Å². The lowest BCUT2D eigenvalue weighted by atomic mass is 10.1. The van der Waals surface area contributed by atoms with Gasteiger partial charge in [0.25, 0.3) is 0 Å². The van der Waals surface area contributed by atoms with Crippen LogP contribution in [0.4, 0.5) is 0 Å². The molecule has 0 saturated carbocycles. The Morgan fingerprint density at radius 2 is 2.33 bits per heavy atom. The fourth-order valence-electron chi connectivity index (χ4n) is 1.02. The van der Waals surface area contributed by atoms with E-state index in [2.05, 4.69) is 10.0 Å². The quantitative estimate of drug-likeness (QED) is 0.332. The molecule has 1 aromatic rings. The van der Waals surface area contributed by atoms with Gasteiger partial charge in [-0.05, 0) is 17.2 Å². The topological polar surface area (TPSA) is 65.8 Å². The first-order valence-electron chi connectivity index (χ1n) is 4.20. The number of azide groups is 1. The molecule has 0 unspecified atom stereocenters. The summed E-state index contributed by atoms with van der Waals surface area (Å²) in [6.07, 6.45) is 4.17. The highest BCUT2D eigenvalue weighted by Gasteiger charge is 1.97. The Morgan fingerprint density at radius 3 is 2.93 bits per heavy atom. The molecule has 1 rings (SSSR count). The molecular weight excluding hydrogens is 214 g/mol. The van der Waals surface area contributed by atoms with Crippen molar-refractivity contribution in [3.05, 3.63) is 50.9 Å². The van der Waals surface area contributed by atoms with E-state index in [1.54, 1.807) is 30.4 Å². The lowest BCUT2D eigenvalue weighted by molar-refractivity contribution is 0.112. The van der Waals surface area contributed by atoms with Crippen LogP contribution < -0.4 is 0 Å². The van der Waals surface area contributed by atoms with E-state index in [1.807, 2.05) is 0 Å². The highest BCUT2D eigenvalue weighted by atomic mass is 35.5. The zero-order valence-corrected chi connectivity index (χ0v) is 8.55. The molecule has 5 heteroatoms. The van der Waals surface area contributed by atoms with Crippen LogP contribution in [0, 0.1) is 0 Å². The number of carbonyl (C=O) groups excluding carboxylic acids is 1. The van der Waals surface area contributed by atoms with E-state index in [9.17, 15) is 4.79 Å². The summed E-state index contributed by atoms with van der Waals surface area (Å²) in [6, 6.07) is 4.99. The van der Waals surface area contributed by atoms with Gasteiger partial charge >= 0.3 is 0 Å². The molecule has 0 radical (unpaired) electrons. The molecule has 15 heavy (non-hydrogen) atoms. The van der Waals surface area contributed by atoms with E-state index < -0.39 is 0 Å². The van der Waals surface area contributed by atoms with E-state index in [1.165, 1.54) is 0 Å². The van der Waals surface area contributed by atoms with Gasteiger partial charge < -0.3 is 0 Å². The number of benzene rings is 1. The number of hydrogen-bond acceptors (Lipinski definition) is 2. The third-order valence-electron chi connectivity index (χ3n) is 1.71. The molecule has 0 aliphatic rings. The molecule has 0 saturated heterocycles. The summed E-state index contributed by atoms with van der Waals surface area (Å²) < 4.78 is 0. The maximum atomic E-state index is 10.4. The molecule has 4 nitrogen and oxygen atoms in total. The van der Waals surface area contributed by atoms with Crippen LogP contribution >= 0.6 is 11.6 Å². The summed E-state index contributed by atoms with van der Waals surface area (Å²) in [5.74, 6) is 0. The molecule has 0 amide bonds. The smallest absolute Gasteiger partial charge is 0.150 e. The number of nitrogens with zero attached hydrogens (tertiary/aromatic N) is 3. The van der Waals surface area contributed by atoms with Crippen molar-refractivity contribution in [2.45, 2.75) is 0 Å². The Hall–Kier alpha value is -1.77. The van der Waals surface area contributed by atoms with Gasteiger partial charge in [0, 0.05) is 22.0 Å². The lowest BCUT2D eigenvalue weighted by Crippen LogP contribution is -1.82. The minimum atomic E-state index is 0.280. The molecule has 0 fully saturated rings. The number of aldehydes is 1.